The van der Waals surface area contributed by atoms with Gasteiger partial charge in [0, 0.05) is 10.8 Å². The average molecular weight is 256 g/mol. The zero-order valence-corrected chi connectivity index (χ0v) is 11.3. The largest absolute Gasteiger partial charge is 0.456 e. The predicted molar refractivity (Wildman–Crippen MR) is 87.3 cm³/mol. The molecule has 94 valence electrons. The Labute approximate surface area is 118 Å². The van der Waals surface area contributed by atoms with E-state index in [9.17, 15) is 0 Å². The first kappa shape index (κ1) is 11.4. The fraction of sp³-hybridized carbons (Fsp3) is 0. The van der Waals surface area contributed by atoms with Gasteiger partial charge in [-0.15, -0.1) is 0 Å². The Morgan fingerprint density at radius 1 is 0.750 bits per heavy atom. The predicted octanol–water partition coefficient (Wildman–Crippen LogP) is 3.51. The van der Waals surface area contributed by atoms with Crippen molar-refractivity contribution in [1.29, 1.82) is 0 Å². The zero-order chi connectivity index (χ0) is 13.5. The van der Waals surface area contributed by atoms with Crippen LogP contribution in [0.4, 0.5) is 0 Å². The number of fused-ring (bicyclic) bond motifs is 3. The van der Waals surface area contributed by atoms with E-state index >= 15 is 0 Å². The highest BCUT2D eigenvalue weighted by molar-refractivity contribution is 6.34. The summed E-state index contributed by atoms with van der Waals surface area (Å²) in [5, 5.41) is 2.39. The Kier molecular flexibility index (Phi) is 2.43. The first-order chi connectivity index (χ1) is 9.83. The minimum absolute atomic E-state index is 0.949. The van der Waals surface area contributed by atoms with Crippen LogP contribution in [0.3, 0.4) is 0 Å². The highest BCUT2D eigenvalue weighted by Crippen LogP contribution is 2.35. The van der Waals surface area contributed by atoms with Gasteiger partial charge in [0.15, 0.2) is 0 Å². The zero-order valence-electron chi connectivity index (χ0n) is 11.3. The minimum Gasteiger partial charge on any atom is -0.456 e. The van der Waals surface area contributed by atoms with Crippen LogP contribution in [-0.4, -0.2) is 7.85 Å². The summed E-state index contributed by atoms with van der Waals surface area (Å²) >= 11 is 0. The topological polar surface area (TPSA) is 13.1 Å². The number of para-hydroxylation sites is 1. The lowest BCUT2D eigenvalue weighted by molar-refractivity contribution is 0.669. The molecule has 0 aliphatic rings. The van der Waals surface area contributed by atoms with Crippen LogP contribution in [0.1, 0.15) is 0 Å². The van der Waals surface area contributed by atoms with E-state index in [-0.39, 0.29) is 0 Å². The number of rotatable bonds is 1. The molecule has 0 bridgehead atoms. The van der Waals surface area contributed by atoms with E-state index < -0.39 is 0 Å². The highest BCUT2D eigenvalue weighted by atomic mass is 16.3. The van der Waals surface area contributed by atoms with E-state index in [0.717, 1.165) is 11.2 Å². The number of benzene rings is 3. The Hall–Kier alpha value is -2.48. The van der Waals surface area contributed by atoms with Crippen LogP contribution in [0.25, 0.3) is 33.1 Å². The average Bonchev–Trinajstić information content (AvgIpc) is 2.85. The molecule has 2 heteroatoms. The van der Waals surface area contributed by atoms with E-state index in [4.69, 9.17) is 4.42 Å². The quantitative estimate of drug-likeness (QED) is 0.475. The number of furan rings is 1. The maximum atomic E-state index is 6.00. The molecule has 4 rings (SSSR count). The summed E-state index contributed by atoms with van der Waals surface area (Å²) in [6.45, 7) is 0. The minimum atomic E-state index is 0.949. The van der Waals surface area contributed by atoms with E-state index in [0.29, 0.717) is 0 Å². The fourth-order valence-electron chi connectivity index (χ4n) is 2.84. The molecule has 0 unspecified atom stereocenters. The molecule has 1 nitrogen and oxygen atoms in total. The molecule has 0 amide bonds. The molecule has 20 heavy (non-hydrogen) atoms. The van der Waals surface area contributed by atoms with Gasteiger partial charge in [-0.3, -0.25) is 0 Å². The molecule has 0 aliphatic heterocycles. The van der Waals surface area contributed by atoms with Gasteiger partial charge in [-0.1, -0.05) is 60.1 Å². The van der Waals surface area contributed by atoms with E-state index in [1.165, 1.54) is 27.4 Å². The summed E-state index contributed by atoms with van der Waals surface area (Å²) in [6, 6.07) is 23.1. The third-order valence-electron chi connectivity index (χ3n) is 3.71. The van der Waals surface area contributed by atoms with Crippen LogP contribution in [0, 0.1) is 0 Å². The van der Waals surface area contributed by atoms with Crippen LogP contribution in [-0.2, 0) is 0 Å². The summed E-state index contributed by atoms with van der Waals surface area (Å²) in [5.41, 5.74) is 5.60. The monoisotopic (exact) mass is 256 g/mol. The molecule has 1 heterocycles. The third-order valence-corrected chi connectivity index (χ3v) is 3.71. The fourth-order valence-corrected chi connectivity index (χ4v) is 2.84. The molecule has 0 radical (unpaired) electrons. The van der Waals surface area contributed by atoms with Gasteiger partial charge in [-0.05, 0) is 23.3 Å². The third kappa shape index (κ3) is 1.65. The van der Waals surface area contributed by atoms with Gasteiger partial charge in [0.1, 0.15) is 19.0 Å². The van der Waals surface area contributed by atoms with Gasteiger partial charge in [0.05, 0.1) is 0 Å². The second-order valence-electron chi connectivity index (χ2n) is 5.15. The van der Waals surface area contributed by atoms with Crippen LogP contribution < -0.4 is 5.46 Å². The molecule has 4 aromatic rings. The molecule has 1 aromatic heterocycles. The van der Waals surface area contributed by atoms with Crippen LogP contribution in [0.15, 0.2) is 71.1 Å². The van der Waals surface area contributed by atoms with Crippen LogP contribution in [0.2, 0.25) is 0 Å². The molecule has 0 aliphatic carbocycles. The smallest absolute Gasteiger partial charge is 0.139 e. The van der Waals surface area contributed by atoms with Crippen molar-refractivity contribution in [3.05, 3.63) is 66.7 Å². The van der Waals surface area contributed by atoms with Gasteiger partial charge in [0.2, 0.25) is 0 Å². The van der Waals surface area contributed by atoms with Gasteiger partial charge in [-0.2, -0.15) is 0 Å². The highest BCUT2D eigenvalue weighted by Gasteiger charge is 2.12. The van der Waals surface area contributed by atoms with Crippen molar-refractivity contribution < 1.29 is 4.42 Å². The van der Waals surface area contributed by atoms with Gasteiger partial charge in [0.25, 0.3) is 0 Å². The van der Waals surface area contributed by atoms with Crippen molar-refractivity contribution in [2.45, 2.75) is 0 Å². The van der Waals surface area contributed by atoms with Gasteiger partial charge >= 0.3 is 0 Å². The summed E-state index contributed by atoms with van der Waals surface area (Å²) < 4.78 is 6.00. The summed E-state index contributed by atoms with van der Waals surface area (Å²) in [4.78, 5) is 0. The lowest BCUT2D eigenvalue weighted by Crippen LogP contribution is -2.01. The van der Waals surface area contributed by atoms with Crippen molar-refractivity contribution in [2.24, 2.45) is 0 Å². The Bertz CT molecular complexity index is 907. The van der Waals surface area contributed by atoms with E-state index in [1.54, 1.807) is 0 Å². The number of hydrogen-bond donors (Lipinski definition) is 0. The van der Waals surface area contributed by atoms with Crippen molar-refractivity contribution in [1.82, 2.24) is 0 Å². The van der Waals surface area contributed by atoms with Crippen LogP contribution in [0.5, 0.6) is 0 Å². The van der Waals surface area contributed by atoms with Gasteiger partial charge < -0.3 is 4.42 Å². The van der Waals surface area contributed by atoms with Crippen molar-refractivity contribution >= 4 is 35.2 Å². The van der Waals surface area contributed by atoms with Gasteiger partial charge in [-0.25, -0.2) is 0 Å². The lowest BCUT2D eigenvalue weighted by atomic mass is 9.89. The molecular weight excluding hydrogens is 243 g/mol. The number of hydrogen-bond acceptors (Lipinski definition) is 1. The summed E-state index contributed by atoms with van der Waals surface area (Å²) in [5.74, 6) is 0. The Morgan fingerprint density at radius 3 is 2.35 bits per heavy atom. The van der Waals surface area contributed by atoms with Crippen molar-refractivity contribution in [3.63, 3.8) is 0 Å². The molecule has 0 saturated carbocycles. The Morgan fingerprint density at radius 2 is 1.50 bits per heavy atom. The summed E-state index contributed by atoms with van der Waals surface area (Å²) in [7, 11) is 2.11. The second kappa shape index (κ2) is 4.27. The first-order valence-electron chi connectivity index (χ1n) is 6.80. The molecule has 0 saturated heterocycles. The van der Waals surface area contributed by atoms with Crippen LogP contribution >= 0.6 is 0 Å². The first-order valence-corrected chi connectivity index (χ1v) is 6.80. The molecule has 0 N–H and O–H groups in total. The Balaban J connectivity index is 2.19. The molecule has 0 spiro atoms. The summed E-state index contributed by atoms with van der Waals surface area (Å²) in [6.07, 6.45) is 0. The standard InChI is InChI=1S/C18H13BO/c19-13-10-15(12-6-2-1-3-7-12)18-14-8-4-5-9-16(14)20-17(18)11-13/h1-11H,19H2. The van der Waals surface area contributed by atoms with E-state index in [2.05, 4.69) is 56.4 Å². The maximum absolute atomic E-state index is 6.00. The lowest BCUT2D eigenvalue weighted by Gasteiger charge is -2.05. The molecule has 0 fully saturated rings. The molecule has 0 atom stereocenters. The maximum Gasteiger partial charge on any atom is 0.139 e. The molecular formula is C18H13BO. The SMILES string of the molecule is Bc1cc(-c2ccccc2)c2c(c1)oc1ccccc12. The molecule has 3 aromatic carbocycles. The van der Waals surface area contributed by atoms with Crippen molar-refractivity contribution in [3.8, 4) is 11.1 Å². The second-order valence-corrected chi connectivity index (χ2v) is 5.15. The van der Waals surface area contributed by atoms with E-state index in [1.807, 2.05) is 18.2 Å². The normalized spacial score (nSPS) is 11.2. The van der Waals surface area contributed by atoms with Crippen molar-refractivity contribution in [2.75, 3.05) is 0 Å².